The third-order valence-electron chi connectivity index (χ3n) is 1.76. The smallest absolute Gasteiger partial charge is 0.466 e. The number of hydrogen-bond donors (Lipinski definition) is 0. The minimum Gasteiger partial charge on any atom is -0.466 e. The first-order valence-corrected chi connectivity index (χ1v) is 4.46. The van der Waals surface area contributed by atoms with Crippen molar-refractivity contribution in [2.45, 2.75) is 6.32 Å². The van der Waals surface area contributed by atoms with Gasteiger partial charge in [-0.3, -0.25) is 0 Å². The Morgan fingerprint density at radius 2 is 2.18 bits per heavy atom. The van der Waals surface area contributed by atoms with E-state index in [-0.39, 0.29) is 57.1 Å². The van der Waals surface area contributed by atoms with Crippen LogP contribution in [0.25, 0.3) is 6.08 Å². The first kappa shape index (κ1) is 17.0. The summed E-state index contributed by atoms with van der Waals surface area (Å²) in [7, 11) is 1.03. The summed E-state index contributed by atoms with van der Waals surface area (Å²) in [5.74, 6) is -0.823. The van der Waals surface area contributed by atoms with Gasteiger partial charge in [-0.25, -0.2) is 4.79 Å². The zero-order valence-electron chi connectivity index (χ0n) is 9.45. The molecular formula is C9H9BF3KO3. The molecule has 0 saturated heterocycles. The van der Waals surface area contributed by atoms with Gasteiger partial charge in [0.05, 0.1) is 13.4 Å². The molecule has 0 fully saturated rings. The fraction of sp³-hybridized carbons (Fsp3) is 0.222. The van der Waals surface area contributed by atoms with Gasteiger partial charge in [0.1, 0.15) is 5.76 Å². The van der Waals surface area contributed by atoms with Crippen LogP contribution in [0.3, 0.4) is 0 Å². The summed E-state index contributed by atoms with van der Waals surface area (Å²) in [5.41, 5.74) is -0.468. The Bertz CT molecular complexity index is 387. The van der Waals surface area contributed by atoms with Crippen LogP contribution < -0.4 is 51.4 Å². The number of carbonyl (C=O) groups is 1. The minimum absolute atomic E-state index is 0. The molecule has 8 heteroatoms. The Hall–Kier alpha value is -0.0187. The second-order valence-electron chi connectivity index (χ2n) is 3.09. The van der Waals surface area contributed by atoms with Crippen molar-refractivity contribution in [2.24, 2.45) is 0 Å². The zero-order chi connectivity index (χ0) is 12.2. The predicted octanol–water partition coefficient (Wildman–Crippen LogP) is -0.313. The maximum atomic E-state index is 12.2. The van der Waals surface area contributed by atoms with Crippen LogP contribution in [0.1, 0.15) is 5.76 Å². The van der Waals surface area contributed by atoms with E-state index >= 15 is 0 Å². The zero-order valence-corrected chi connectivity index (χ0v) is 12.6. The van der Waals surface area contributed by atoms with Crippen molar-refractivity contribution in [1.29, 1.82) is 0 Å². The van der Waals surface area contributed by atoms with Crippen LogP contribution in [0, 0.1) is 0 Å². The number of hydrogen-bond acceptors (Lipinski definition) is 3. The number of ether oxygens (including phenoxy) is 1. The second kappa shape index (κ2) is 7.42. The number of furan rings is 1. The van der Waals surface area contributed by atoms with E-state index in [1.165, 1.54) is 18.4 Å². The number of halogens is 3. The van der Waals surface area contributed by atoms with Crippen molar-refractivity contribution >= 4 is 19.0 Å². The van der Waals surface area contributed by atoms with Crippen LogP contribution in [0.2, 0.25) is 6.32 Å². The molecule has 1 aromatic rings. The molecule has 0 amide bonds. The molecule has 0 N–H and O–H groups in total. The van der Waals surface area contributed by atoms with Gasteiger partial charge < -0.3 is 22.1 Å². The quantitative estimate of drug-likeness (QED) is 0.429. The molecule has 1 rings (SSSR count). The van der Waals surface area contributed by atoms with E-state index in [0.29, 0.717) is 0 Å². The molecule has 0 spiro atoms. The van der Waals surface area contributed by atoms with Gasteiger partial charge in [-0.2, -0.15) is 0 Å². The van der Waals surface area contributed by atoms with Crippen molar-refractivity contribution in [3.8, 4) is 0 Å². The molecule has 1 heterocycles. The summed E-state index contributed by atoms with van der Waals surface area (Å²) < 4.78 is 45.7. The van der Waals surface area contributed by atoms with Crippen LogP contribution in [-0.4, -0.2) is 20.1 Å². The molecule has 88 valence electrons. The van der Waals surface area contributed by atoms with Crippen molar-refractivity contribution in [3.05, 3.63) is 29.7 Å². The molecule has 0 aliphatic rings. The third-order valence-corrected chi connectivity index (χ3v) is 1.76. The van der Waals surface area contributed by atoms with Crippen molar-refractivity contribution in [2.75, 3.05) is 7.11 Å². The van der Waals surface area contributed by atoms with Gasteiger partial charge in [0.15, 0.2) is 0 Å². The molecule has 0 unspecified atom stereocenters. The Kier molecular flexibility index (Phi) is 7.42. The molecular weight excluding hydrogens is 263 g/mol. The molecule has 0 radical (unpaired) electrons. The molecule has 0 aliphatic carbocycles. The van der Waals surface area contributed by atoms with E-state index in [1.54, 1.807) is 0 Å². The summed E-state index contributed by atoms with van der Waals surface area (Å²) >= 11 is 0. The van der Waals surface area contributed by atoms with E-state index in [4.69, 9.17) is 4.42 Å². The topological polar surface area (TPSA) is 39.4 Å². The summed E-state index contributed by atoms with van der Waals surface area (Å²) in [6, 6.07) is 2.96. The van der Waals surface area contributed by atoms with Gasteiger partial charge in [0.25, 0.3) is 0 Å². The molecule has 0 bridgehead atoms. The predicted molar refractivity (Wildman–Crippen MR) is 52.6 cm³/mol. The number of methoxy groups -OCH3 is 1. The largest absolute Gasteiger partial charge is 1.00 e. The SMILES string of the molecule is COC(=O)/C(=C/c1ccco1)C[B-](F)(F)F.[K+]. The fourth-order valence-electron chi connectivity index (χ4n) is 1.13. The van der Waals surface area contributed by atoms with E-state index in [1.807, 2.05) is 0 Å². The molecule has 0 saturated carbocycles. The van der Waals surface area contributed by atoms with Crippen LogP contribution in [0.15, 0.2) is 28.4 Å². The average Bonchev–Trinajstić information content (AvgIpc) is 2.66. The van der Waals surface area contributed by atoms with Crippen LogP contribution in [-0.2, 0) is 9.53 Å². The Morgan fingerprint density at radius 3 is 2.59 bits per heavy atom. The summed E-state index contributed by atoms with van der Waals surface area (Å²) in [4.78, 5) is 11.1. The minimum atomic E-state index is -5.09. The molecule has 17 heavy (non-hydrogen) atoms. The average molecular weight is 272 g/mol. The molecule has 1 aromatic heterocycles. The van der Waals surface area contributed by atoms with Gasteiger partial charge in [0, 0.05) is 5.57 Å². The van der Waals surface area contributed by atoms with Crippen molar-refractivity contribution in [3.63, 3.8) is 0 Å². The first-order chi connectivity index (χ1) is 7.42. The van der Waals surface area contributed by atoms with Gasteiger partial charge in [0.2, 0.25) is 0 Å². The van der Waals surface area contributed by atoms with Crippen molar-refractivity contribution in [1.82, 2.24) is 0 Å². The van der Waals surface area contributed by atoms with E-state index in [0.717, 1.165) is 13.2 Å². The van der Waals surface area contributed by atoms with E-state index < -0.39 is 24.8 Å². The molecule has 0 atom stereocenters. The van der Waals surface area contributed by atoms with Crippen LogP contribution in [0.5, 0.6) is 0 Å². The second-order valence-corrected chi connectivity index (χ2v) is 3.09. The standard InChI is InChI=1S/C9H9BF3O3.K/c1-15-9(14)7(6-10(11,12)13)5-8-3-2-4-16-8;/h2-5H,6H2,1H3;/q-1;+1/b7-5+;. The Balaban J connectivity index is 0.00000256. The third kappa shape index (κ3) is 6.47. The van der Waals surface area contributed by atoms with Gasteiger partial charge in [-0.1, -0.05) is 6.32 Å². The monoisotopic (exact) mass is 272 g/mol. The van der Waals surface area contributed by atoms with Gasteiger partial charge >= 0.3 is 64.3 Å². The normalized spacial score (nSPS) is 11.9. The first-order valence-electron chi connectivity index (χ1n) is 4.46. The van der Waals surface area contributed by atoms with Gasteiger partial charge in [-0.05, 0) is 18.2 Å². The summed E-state index contributed by atoms with van der Waals surface area (Å²) in [6.45, 7) is -5.09. The maximum absolute atomic E-state index is 12.2. The number of carbonyl (C=O) groups excluding carboxylic acids is 1. The number of rotatable bonds is 4. The Morgan fingerprint density at radius 1 is 1.53 bits per heavy atom. The van der Waals surface area contributed by atoms with E-state index in [9.17, 15) is 17.7 Å². The molecule has 0 aromatic carbocycles. The number of esters is 1. The van der Waals surface area contributed by atoms with Gasteiger partial charge in [-0.15, -0.1) is 0 Å². The van der Waals surface area contributed by atoms with Crippen LogP contribution in [0.4, 0.5) is 12.9 Å². The Labute approximate surface area is 139 Å². The maximum Gasteiger partial charge on any atom is 1.00 e. The van der Waals surface area contributed by atoms with Crippen molar-refractivity contribution < 1.29 is 78.3 Å². The van der Waals surface area contributed by atoms with Crippen LogP contribution >= 0.6 is 0 Å². The summed E-state index contributed by atoms with van der Waals surface area (Å²) in [6.07, 6.45) is 1.05. The molecule has 3 nitrogen and oxygen atoms in total. The fourth-order valence-corrected chi connectivity index (χ4v) is 1.13. The summed E-state index contributed by atoms with van der Waals surface area (Å²) in [5, 5.41) is 0. The van der Waals surface area contributed by atoms with E-state index in [2.05, 4.69) is 4.74 Å². The molecule has 0 aliphatic heterocycles.